The van der Waals surface area contributed by atoms with Crippen molar-refractivity contribution in [3.8, 4) is 0 Å². The number of hydrogen-bond donors (Lipinski definition) is 1. The van der Waals surface area contributed by atoms with Crippen LogP contribution in [0.4, 0.5) is 14.5 Å². The molecule has 0 saturated carbocycles. The molecule has 1 amide bonds. The molecule has 0 aliphatic rings. The number of carbonyl (C=O) groups excluding carboxylic acids is 1. The summed E-state index contributed by atoms with van der Waals surface area (Å²) in [7, 11) is 1.41. The molecule has 1 aromatic carbocycles. The van der Waals surface area contributed by atoms with Crippen LogP contribution in [0.5, 0.6) is 0 Å². The Morgan fingerprint density at radius 3 is 2.68 bits per heavy atom. The van der Waals surface area contributed by atoms with Gasteiger partial charge in [-0.1, -0.05) is 0 Å². The number of nitro benzene ring substituents is 1. The Bertz CT molecular complexity index is 508. The number of nitro groups is 1. The van der Waals surface area contributed by atoms with E-state index < -0.39 is 33.7 Å². The van der Waals surface area contributed by atoms with Crippen molar-refractivity contribution < 1.29 is 23.2 Å². The van der Waals surface area contributed by atoms with E-state index in [1.165, 1.54) is 7.11 Å². The minimum absolute atomic E-state index is 0.0247. The molecule has 1 N–H and O–H groups in total. The second-order valence-electron chi connectivity index (χ2n) is 3.77. The number of benzene rings is 1. The molecule has 8 heteroatoms. The molecule has 0 aromatic heterocycles. The molecule has 0 fully saturated rings. The maximum atomic E-state index is 13.7. The third-order valence-electron chi connectivity index (χ3n) is 2.45. The molecule has 0 radical (unpaired) electrons. The molecular formula is C11H12F2N2O4. The van der Waals surface area contributed by atoms with Crippen LogP contribution in [0.1, 0.15) is 17.3 Å². The number of nitrogens with one attached hydrogen (secondary N) is 1. The summed E-state index contributed by atoms with van der Waals surface area (Å²) in [5.74, 6) is -3.72. The van der Waals surface area contributed by atoms with Crippen LogP contribution in [0.2, 0.25) is 0 Å². The fourth-order valence-electron chi connectivity index (χ4n) is 1.30. The summed E-state index contributed by atoms with van der Waals surface area (Å²) in [5.41, 5.74) is -1.93. The highest BCUT2D eigenvalue weighted by Crippen LogP contribution is 2.22. The van der Waals surface area contributed by atoms with Gasteiger partial charge in [-0.25, -0.2) is 4.39 Å². The van der Waals surface area contributed by atoms with Gasteiger partial charge in [0, 0.05) is 19.7 Å². The Labute approximate surface area is 107 Å². The molecule has 104 valence electrons. The summed E-state index contributed by atoms with van der Waals surface area (Å²) in [5, 5.41) is 12.7. The van der Waals surface area contributed by atoms with Crippen LogP contribution < -0.4 is 5.32 Å². The van der Waals surface area contributed by atoms with E-state index in [1.807, 2.05) is 0 Å². The first-order valence-electron chi connectivity index (χ1n) is 5.31. The van der Waals surface area contributed by atoms with Crippen LogP contribution in [-0.4, -0.2) is 30.6 Å². The highest BCUT2D eigenvalue weighted by Gasteiger charge is 2.26. The number of ether oxygens (including phenoxy) is 1. The standard InChI is InChI=1S/C11H12F2N2O4/c1-6(19-2)5-14-11(16)9-7(12)3-4-8(10(9)13)15(17)18/h3-4,6H,5H2,1-2H3,(H,14,16). The van der Waals surface area contributed by atoms with E-state index in [1.54, 1.807) is 6.92 Å². The Morgan fingerprint density at radius 2 is 2.16 bits per heavy atom. The lowest BCUT2D eigenvalue weighted by Crippen LogP contribution is -2.32. The quantitative estimate of drug-likeness (QED) is 0.653. The molecule has 0 bridgehead atoms. The predicted octanol–water partition coefficient (Wildman–Crippen LogP) is 1.64. The van der Waals surface area contributed by atoms with Crippen molar-refractivity contribution >= 4 is 11.6 Å². The van der Waals surface area contributed by atoms with E-state index in [2.05, 4.69) is 5.32 Å². The van der Waals surface area contributed by atoms with Crippen LogP contribution >= 0.6 is 0 Å². The van der Waals surface area contributed by atoms with Gasteiger partial charge in [0.15, 0.2) is 0 Å². The van der Waals surface area contributed by atoms with Gasteiger partial charge in [-0.3, -0.25) is 14.9 Å². The number of carbonyl (C=O) groups is 1. The molecule has 0 aliphatic carbocycles. The normalized spacial score (nSPS) is 12.0. The second kappa shape index (κ2) is 6.19. The van der Waals surface area contributed by atoms with Crippen molar-refractivity contribution in [3.63, 3.8) is 0 Å². The zero-order chi connectivity index (χ0) is 14.6. The van der Waals surface area contributed by atoms with E-state index in [0.717, 1.165) is 0 Å². The van der Waals surface area contributed by atoms with Gasteiger partial charge >= 0.3 is 5.69 Å². The van der Waals surface area contributed by atoms with Crippen LogP contribution in [0.3, 0.4) is 0 Å². The molecule has 19 heavy (non-hydrogen) atoms. The van der Waals surface area contributed by atoms with Crippen molar-refractivity contribution in [2.45, 2.75) is 13.0 Å². The largest absolute Gasteiger partial charge is 0.380 e. The second-order valence-corrected chi connectivity index (χ2v) is 3.77. The lowest BCUT2D eigenvalue weighted by atomic mass is 10.1. The highest BCUT2D eigenvalue weighted by atomic mass is 19.1. The molecule has 1 unspecified atom stereocenters. The summed E-state index contributed by atoms with van der Waals surface area (Å²) in [6.45, 7) is 1.66. The zero-order valence-electron chi connectivity index (χ0n) is 10.3. The van der Waals surface area contributed by atoms with Gasteiger partial charge in [0.1, 0.15) is 11.4 Å². The molecular weight excluding hydrogens is 262 g/mol. The molecule has 0 spiro atoms. The van der Waals surface area contributed by atoms with E-state index in [9.17, 15) is 23.7 Å². The van der Waals surface area contributed by atoms with E-state index in [-0.39, 0.29) is 12.6 Å². The number of nitrogens with zero attached hydrogens (tertiary/aromatic N) is 1. The number of methoxy groups -OCH3 is 1. The fourth-order valence-corrected chi connectivity index (χ4v) is 1.30. The summed E-state index contributed by atoms with van der Waals surface area (Å²) in [4.78, 5) is 21.1. The van der Waals surface area contributed by atoms with Gasteiger partial charge < -0.3 is 10.1 Å². The van der Waals surface area contributed by atoms with E-state index >= 15 is 0 Å². The van der Waals surface area contributed by atoms with Crippen LogP contribution in [0.15, 0.2) is 12.1 Å². The average Bonchev–Trinajstić information content (AvgIpc) is 2.35. The monoisotopic (exact) mass is 274 g/mol. The summed E-state index contributed by atoms with van der Waals surface area (Å²) >= 11 is 0. The Hall–Kier alpha value is -2.09. The van der Waals surface area contributed by atoms with Crippen LogP contribution in [-0.2, 0) is 4.74 Å². The predicted molar refractivity (Wildman–Crippen MR) is 61.8 cm³/mol. The van der Waals surface area contributed by atoms with Crippen molar-refractivity contribution in [2.24, 2.45) is 0 Å². The van der Waals surface area contributed by atoms with E-state index in [4.69, 9.17) is 4.74 Å². The summed E-state index contributed by atoms with van der Waals surface area (Å²) < 4.78 is 31.9. The summed E-state index contributed by atoms with van der Waals surface area (Å²) in [6.07, 6.45) is -0.353. The van der Waals surface area contributed by atoms with Gasteiger partial charge in [0.25, 0.3) is 5.91 Å². The molecule has 6 nitrogen and oxygen atoms in total. The van der Waals surface area contributed by atoms with Crippen molar-refractivity contribution in [2.75, 3.05) is 13.7 Å². The molecule has 0 saturated heterocycles. The average molecular weight is 274 g/mol. The maximum Gasteiger partial charge on any atom is 0.305 e. The minimum Gasteiger partial charge on any atom is -0.380 e. The molecule has 1 atom stereocenters. The van der Waals surface area contributed by atoms with Crippen molar-refractivity contribution in [1.29, 1.82) is 0 Å². The molecule has 0 aliphatic heterocycles. The third-order valence-corrected chi connectivity index (χ3v) is 2.45. The number of halogens is 2. The Balaban J connectivity index is 3.02. The number of rotatable bonds is 5. The van der Waals surface area contributed by atoms with E-state index in [0.29, 0.717) is 12.1 Å². The molecule has 0 heterocycles. The maximum absolute atomic E-state index is 13.7. The van der Waals surface area contributed by atoms with Crippen LogP contribution in [0.25, 0.3) is 0 Å². The Morgan fingerprint density at radius 1 is 1.53 bits per heavy atom. The first-order chi connectivity index (χ1) is 8.88. The first-order valence-corrected chi connectivity index (χ1v) is 5.31. The van der Waals surface area contributed by atoms with Crippen molar-refractivity contribution in [3.05, 3.63) is 39.4 Å². The van der Waals surface area contributed by atoms with Gasteiger partial charge in [-0.05, 0) is 13.0 Å². The minimum atomic E-state index is -1.49. The number of hydrogen-bond acceptors (Lipinski definition) is 4. The topological polar surface area (TPSA) is 81.5 Å². The fraction of sp³-hybridized carbons (Fsp3) is 0.364. The molecule has 1 rings (SSSR count). The SMILES string of the molecule is COC(C)CNC(=O)c1c(F)ccc([N+](=O)[O-])c1F. The Kier molecular flexibility index (Phi) is 4.87. The zero-order valence-corrected chi connectivity index (χ0v) is 10.3. The molecule has 1 aromatic rings. The van der Waals surface area contributed by atoms with Gasteiger partial charge in [-0.2, -0.15) is 4.39 Å². The number of amides is 1. The van der Waals surface area contributed by atoms with Gasteiger partial charge in [0.05, 0.1) is 11.0 Å². The lowest BCUT2D eigenvalue weighted by molar-refractivity contribution is -0.387. The smallest absolute Gasteiger partial charge is 0.305 e. The first kappa shape index (κ1) is 15.0. The van der Waals surface area contributed by atoms with Gasteiger partial charge in [-0.15, -0.1) is 0 Å². The third kappa shape index (κ3) is 3.44. The lowest BCUT2D eigenvalue weighted by Gasteiger charge is -2.11. The summed E-state index contributed by atoms with van der Waals surface area (Å²) in [6, 6.07) is 1.34. The van der Waals surface area contributed by atoms with Crippen molar-refractivity contribution in [1.82, 2.24) is 5.32 Å². The van der Waals surface area contributed by atoms with Crippen LogP contribution in [0, 0.1) is 21.7 Å². The highest BCUT2D eigenvalue weighted by molar-refractivity contribution is 5.95. The van der Waals surface area contributed by atoms with Gasteiger partial charge in [0.2, 0.25) is 5.82 Å².